The quantitative estimate of drug-likeness (QED) is 0.601. The lowest BCUT2D eigenvalue weighted by Crippen LogP contribution is -2.40. The Morgan fingerprint density at radius 3 is 2.74 bits per heavy atom. The van der Waals surface area contributed by atoms with E-state index in [2.05, 4.69) is 40.1 Å². The van der Waals surface area contributed by atoms with Gasteiger partial charge in [0.15, 0.2) is 5.96 Å². The van der Waals surface area contributed by atoms with Crippen LogP contribution in [0.1, 0.15) is 17.4 Å². The van der Waals surface area contributed by atoms with Gasteiger partial charge in [-0.3, -0.25) is 4.99 Å². The lowest BCUT2D eigenvalue weighted by Gasteiger charge is -2.15. The zero-order chi connectivity index (χ0) is 16.5. The number of hydrogen-bond donors (Lipinski definition) is 2. The topological polar surface area (TPSA) is 36.4 Å². The summed E-state index contributed by atoms with van der Waals surface area (Å²) in [6, 6.07) is 11.1. The molecule has 0 amide bonds. The largest absolute Gasteiger partial charge is 0.356 e. The van der Waals surface area contributed by atoms with Gasteiger partial charge in [0.1, 0.15) is 5.82 Å². The van der Waals surface area contributed by atoms with Crippen LogP contribution in [0.2, 0.25) is 0 Å². The summed E-state index contributed by atoms with van der Waals surface area (Å²) < 4.78 is 13.6. The van der Waals surface area contributed by atoms with Crippen LogP contribution in [0, 0.1) is 11.7 Å². The molecule has 2 rings (SSSR count). The predicted molar refractivity (Wildman–Crippen MR) is 96.7 cm³/mol. The molecular formula is C18H24FN3S. The van der Waals surface area contributed by atoms with Gasteiger partial charge >= 0.3 is 0 Å². The highest BCUT2D eigenvalue weighted by atomic mass is 32.1. The summed E-state index contributed by atoms with van der Waals surface area (Å²) >= 11 is 1.79. The van der Waals surface area contributed by atoms with Crippen molar-refractivity contribution in [1.29, 1.82) is 0 Å². The van der Waals surface area contributed by atoms with Crippen LogP contribution < -0.4 is 10.6 Å². The fourth-order valence-electron chi connectivity index (χ4n) is 2.35. The number of benzene rings is 1. The van der Waals surface area contributed by atoms with Crippen molar-refractivity contribution in [2.24, 2.45) is 10.9 Å². The minimum atomic E-state index is -0.151. The summed E-state index contributed by atoms with van der Waals surface area (Å²) in [7, 11) is 1.75. The second kappa shape index (κ2) is 9.30. The third kappa shape index (κ3) is 6.02. The molecule has 5 heteroatoms. The molecule has 2 N–H and O–H groups in total. The molecule has 0 spiro atoms. The molecular weight excluding hydrogens is 309 g/mol. The van der Waals surface area contributed by atoms with E-state index in [4.69, 9.17) is 0 Å². The molecule has 1 aromatic carbocycles. The van der Waals surface area contributed by atoms with Crippen molar-refractivity contribution in [2.75, 3.05) is 20.1 Å². The maximum absolute atomic E-state index is 13.6. The first-order chi connectivity index (χ1) is 11.2. The van der Waals surface area contributed by atoms with Crippen molar-refractivity contribution >= 4 is 17.3 Å². The number of hydrogen-bond acceptors (Lipinski definition) is 2. The molecule has 124 valence electrons. The third-order valence-electron chi connectivity index (χ3n) is 3.62. The van der Waals surface area contributed by atoms with E-state index >= 15 is 0 Å². The number of halogens is 1. The number of rotatable bonds is 7. The number of nitrogens with zero attached hydrogens (tertiary/aromatic N) is 1. The zero-order valence-corrected chi connectivity index (χ0v) is 14.5. The first kappa shape index (κ1) is 17.5. The summed E-state index contributed by atoms with van der Waals surface area (Å²) in [5.74, 6) is 1.14. The molecule has 0 saturated heterocycles. The smallest absolute Gasteiger partial charge is 0.190 e. The second-order valence-electron chi connectivity index (χ2n) is 5.61. The fraction of sp³-hybridized carbons (Fsp3) is 0.389. The fourth-order valence-corrected chi connectivity index (χ4v) is 3.22. The van der Waals surface area contributed by atoms with E-state index in [1.807, 2.05) is 12.1 Å². The molecule has 0 radical (unpaired) electrons. The molecule has 23 heavy (non-hydrogen) atoms. The highest BCUT2D eigenvalue weighted by Gasteiger charge is 2.06. The van der Waals surface area contributed by atoms with Crippen molar-refractivity contribution in [3.63, 3.8) is 0 Å². The summed E-state index contributed by atoms with van der Waals surface area (Å²) in [6.07, 6.45) is 1.70. The average Bonchev–Trinajstić information content (AvgIpc) is 3.05. The molecule has 0 saturated carbocycles. The van der Waals surface area contributed by atoms with Crippen LogP contribution in [0.3, 0.4) is 0 Å². The SMILES string of the molecule is CN=C(NCCc1ccccc1F)NCC(C)Cc1cccs1. The normalized spacial score (nSPS) is 12.9. The van der Waals surface area contributed by atoms with Crippen LogP contribution in [0.5, 0.6) is 0 Å². The van der Waals surface area contributed by atoms with Gasteiger partial charge in [-0.1, -0.05) is 31.2 Å². The van der Waals surface area contributed by atoms with Gasteiger partial charge in [-0.05, 0) is 41.8 Å². The Bertz CT molecular complexity index is 610. The van der Waals surface area contributed by atoms with Gasteiger partial charge in [0.2, 0.25) is 0 Å². The van der Waals surface area contributed by atoms with Gasteiger partial charge in [0, 0.05) is 25.0 Å². The van der Waals surface area contributed by atoms with Gasteiger partial charge in [0.25, 0.3) is 0 Å². The molecule has 0 aliphatic heterocycles. The van der Waals surface area contributed by atoms with Crippen LogP contribution in [-0.4, -0.2) is 26.1 Å². The van der Waals surface area contributed by atoms with E-state index < -0.39 is 0 Å². The van der Waals surface area contributed by atoms with Gasteiger partial charge in [-0.2, -0.15) is 0 Å². The molecule has 1 heterocycles. The van der Waals surface area contributed by atoms with Crippen molar-refractivity contribution in [1.82, 2.24) is 10.6 Å². The molecule has 2 aromatic rings. The molecule has 1 atom stereocenters. The first-order valence-electron chi connectivity index (χ1n) is 7.89. The summed E-state index contributed by atoms with van der Waals surface area (Å²) in [6.45, 7) is 3.73. The van der Waals surface area contributed by atoms with Crippen LogP contribution >= 0.6 is 11.3 Å². The van der Waals surface area contributed by atoms with Gasteiger partial charge < -0.3 is 10.6 Å². The van der Waals surface area contributed by atoms with Crippen LogP contribution in [0.4, 0.5) is 4.39 Å². The summed E-state index contributed by atoms with van der Waals surface area (Å²) in [5, 5.41) is 8.68. The van der Waals surface area contributed by atoms with Gasteiger partial charge in [0.05, 0.1) is 0 Å². The Morgan fingerprint density at radius 1 is 1.22 bits per heavy atom. The Kier molecular flexibility index (Phi) is 7.07. The van der Waals surface area contributed by atoms with E-state index in [0.29, 0.717) is 18.9 Å². The van der Waals surface area contributed by atoms with Crippen molar-refractivity contribution in [3.05, 3.63) is 58.0 Å². The molecule has 0 aliphatic carbocycles. The van der Waals surface area contributed by atoms with E-state index in [1.54, 1.807) is 24.5 Å². The summed E-state index contributed by atoms with van der Waals surface area (Å²) in [5.41, 5.74) is 0.724. The number of nitrogens with one attached hydrogen (secondary N) is 2. The van der Waals surface area contributed by atoms with E-state index in [1.165, 1.54) is 10.9 Å². The minimum Gasteiger partial charge on any atom is -0.356 e. The Labute approximate surface area is 141 Å². The maximum atomic E-state index is 13.6. The number of aliphatic imine (C=N–C) groups is 1. The molecule has 1 aromatic heterocycles. The average molecular weight is 333 g/mol. The maximum Gasteiger partial charge on any atom is 0.190 e. The van der Waals surface area contributed by atoms with Crippen LogP contribution in [-0.2, 0) is 12.8 Å². The molecule has 0 bridgehead atoms. The number of guanidine groups is 1. The second-order valence-corrected chi connectivity index (χ2v) is 6.64. The van der Waals surface area contributed by atoms with Gasteiger partial charge in [-0.25, -0.2) is 4.39 Å². The third-order valence-corrected chi connectivity index (χ3v) is 4.51. The predicted octanol–water partition coefficient (Wildman–Crippen LogP) is 3.47. The molecule has 0 aliphatic rings. The Balaban J connectivity index is 1.70. The minimum absolute atomic E-state index is 0.151. The lowest BCUT2D eigenvalue weighted by molar-refractivity contribution is 0.561. The van der Waals surface area contributed by atoms with E-state index in [0.717, 1.165) is 24.5 Å². The Hall–Kier alpha value is -1.88. The Morgan fingerprint density at radius 2 is 2.04 bits per heavy atom. The standard InChI is InChI=1S/C18H24FN3S/c1-14(12-16-7-5-11-23-16)13-22-18(20-2)21-10-9-15-6-3-4-8-17(15)19/h3-8,11,14H,9-10,12-13H2,1-2H3,(H2,20,21,22). The first-order valence-corrected chi connectivity index (χ1v) is 8.77. The molecule has 1 unspecified atom stereocenters. The van der Waals surface area contributed by atoms with Crippen LogP contribution in [0.15, 0.2) is 46.8 Å². The van der Waals surface area contributed by atoms with Gasteiger partial charge in [-0.15, -0.1) is 11.3 Å². The number of thiophene rings is 1. The zero-order valence-electron chi connectivity index (χ0n) is 13.7. The van der Waals surface area contributed by atoms with Crippen molar-refractivity contribution in [3.8, 4) is 0 Å². The highest BCUT2D eigenvalue weighted by molar-refractivity contribution is 7.09. The lowest BCUT2D eigenvalue weighted by atomic mass is 10.1. The molecule has 3 nitrogen and oxygen atoms in total. The van der Waals surface area contributed by atoms with Crippen molar-refractivity contribution < 1.29 is 4.39 Å². The highest BCUT2D eigenvalue weighted by Crippen LogP contribution is 2.13. The van der Waals surface area contributed by atoms with Crippen molar-refractivity contribution in [2.45, 2.75) is 19.8 Å². The molecule has 0 fully saturated rings. The van der Waals surface area contributed by atoms with E-state index in [9.17, 15) is 4.39 Å². The summed E-state index contributed by atoms with van der Waals surface area (Å²) in [4.78, 5) is 5.62. The van der Waals surface area contributed by atoms with Crippen LogP contribution in [0.25, 0.3) is 0 Å². The monoisotopic (exact) mass is 333 g/mol. The van der Waals surface area contributed by atoms with E-state index in [-0.39, 0.29) is 5.82 Å².